The highest BCUT2D eigenvalue weighted by molar-refractivity contribution is 5.82. The largest absolute Gasteiger partial charge is 0.497 e. The highest BCUT2D eigenvalue weighted by Gasteiger charge is 2.32. The van der Waals surface area contributed by atoms with Gasteiger partial charge in [-0.3, -0.25) is 9.69 Å². The minimum absolute atomic E-state index is 0.0158. The van der Waals surface area contributed by atoms with E-state index in [1.807, 2.05) is 29.2 Å². The molecule has 1 atom stereocenters. The van der Waals surface area contributed by atoms with Gasteiger partial charge in [0.1, 0.15) is 17.6 Å². The number of ether oxygens (including phenoxy) is 3. The quantitative estimate of drug-likeness (QED) is 0.776. The van der Waals surface area contributed by atoms with Crippen LogP contribution in [0.2, 0.25) is 0 Å². The van der Waals surface area contributed by atoms with E-state index >= 15 is 0 Å². The summed E-state index contributed by atoms with van der Waals surface area (Å²) in [5, 5.41) is 0. The first kappa shape index (κ1) is 19.0. The van der Waals surface area contributed by atoms with Gasteiger partial charge in [0.05, 0.1) is 26.4 Å². The van der Waals surface area contributed by atoms with Crippen LogP contribution in [0.3, 0.4) is 0 Å². The first-order chi connectivity index (χ1) is 12.7. The molecular formula is C20H30N2O4. The summed E-state index contributed by atoms with van der Waals surface area (Å²) in [6, 6.07) is 7.66. The van der Waals surface area contributed by atoms with Crippen LogP contribution in [0.25, 0.3) is 0 Å². The Balaban J connectivity index is 1.49. The number of likely N-dealkylation sites (tertiary alicyclic amines) is 1. The van der Waals surface area contributed by atoms with Crippen LogP contribution in [0.5, 0.6) is 11.5 Å². The Kier molecular flexibility index (Phi) is 6.74. The second kappa shape index (κ2) is 9.24. The third-order valence-electron chi connectivity index (χ3n) is 5.27. The van der Waals surface area contributed by atoms with E-state index in [0.29, 0.717) is 0 Å². The molecule has 0 spiro atoms. The average Bonchev–Trinajstić information content (AvgIpc) is 2.70. The van der Waals surface area contributed by atoms with Gasteiger partial charge in [-0.1, -0.05) is 6.92 Å². The molecular weight excluding hydrogens is 332 g/mol. The zero-order valence-electron chi connectivity index (χ0n) is 15.9. The normalized spacial score (nSPS) is 20.6. The number of morpholine rings is 1. The molecule has 0 unspecified atom stereocenters. The molecule has 6 nitrogen and oxygen atoms in total. The van der Waals surface area contributed by atoms with Crippen LogP contribution >= 0.6 is 0 Å². The van der Waals surface area contributed by atoms with Crippen molar-refractivity contribution in [1.82, 2.24) is 9.80 Å². The third kappa shape index (κ3) is 4.68. The van der Waals surface area contributed by atoms with Crippen LogP contribution in [-0.2, 0) is 9.53 Å². The van der Waals surface area contributed by atoms with Gasteiger partial charge in [0.15, 0.2) is 0 Å². The van der Waals surface area contributed by atoms with Crippen molar-refractivity contribution in [3.63, 3.8) is 0 Å². The van der Waals surface area contributed by atoms with Gasteiger partial charge >= 0.3 is 0 Å². The Hall–Kier alpha value is -1.79. The molecule has 0 aliphatic carbocycles. The Morgan fingerprint density at radius 2 is 1.73 bits per heavy atom. The Labute approximate surface area is 156 Å². The van der Waals surface area contributed by atoms with Crippen LogP contribution < -0.4 is 9.47 Å². The molecule has 2 aliphatic rings. The number of carbonyl (C=O) groups excluding carboxylic acids is 1. The van der Waals surface area contributed by atoms with Crippen LogP contribution in [-0.4, -0.2) is 74.4 Å². The van der Waals surface area contributed by atoms with Gasteiger partial charge in [0, 0.05) is 39.0 Å². The molecule has 0 saturated carbocycles. The molecule has 2 fully saturated rings. The van der Waals surface area contributed by atoms with Crippen molar-refractivity contribution in [1.29, 1.82) is 0 Å². The van der Waals surface area contributed by atoms with Crippen molar-refractivity contribution in [3.05, 3.63) is 24.3 Å². The standard InChI is InChI=1S/C20H30N2O4/c1-3-19(21-12-14-25-15-13-21)20(23)22-10-8-18(9-11-22)26-17-6-4-16(24-2)5-7-17/h4-7,18-19H,3,8-15H2,1-2H3/t19-/m1/s1. The van der Waals surface area contributed by atoms with Crippen molar-refractivity contribution in [2.24, 2.45) is 0 Å². The molecule has 0 N–H and O–H groups in total. The third-order valence-corrected chi connectivity index (χ3v) is 5.27. The molecule has 2 saturated heterocycles. The maximum Gasteiger partial charge on any atom is 0.239 e. The van der Waals surface area contributed by atoms with Gasteiger partial charge in [-0.2, -0.15) is 0 Å². The lowest BCUT2D eigenvalue weighted by Gasteiger charge is -2.38. The number of piperidine rings is 1. The second-order valence-corrected chi connectivity index (χ2v) is 6.89. The Morgan fingerprint density at radius 3 is 2.31 bits per heavy atom. The Bertz CT molecular complexity index is 564. The Morgan fingerprint density at radius 1 is 1.12 bits per heavy atom. The minimum Gasteiger partial charge on any atom is -0.497 e. The smallest absolute Gasteiger partial charge is 0.239 e. The number of carbonyl (C=O) groups is 1. The lowest BCUT2D eigenvalue weighted by molar-refractivity contribution is -0.140. The predicted octanol–water partition coefficient (Wildman–Crippen LogP) is 2.18. The first-order valence-corrected chi connectivity index (χ1v) is 9.62. The molecule has 1 amide bonds. The number of benzene rings is 1. The van der Waals surface area contributed by atoms with Gasteiger partial charge < -0.3 is 19.1 Å². The molecule has 0 aromatic heterocycles. The molecule has 1 aromatic rings. The summed E-state index contributed by atoms with van der Waals surface area (Å²) in [7, 11) is 1.66. The first-order valence-electron chi connectivity index (χ1n) is 9.62. The van der Waals surface area contributed by atoms with Gasteiger partial charge in [-0.15, -0.1) is 0 Å². The van der Waals surface area contributed by atoms with Gasteiger partial charge in [-0.05, 0) is 30.7 Å². The summed E-state index contributed by atoms with van der Waals surface area (Å²) in [5.41, 5.74) is 0. The average molecular weight is 362 g/mol. The van der Waals surface area contributed by atoms with Crippen molar-refractivity contribution in [2.75, 3.05) is 46.5 Å². The summed E-state index contributed by atoms with van der Waals surface area (Å²) in [6.45, 7) is 6.77. The molecule has 26 heavy (non-hydrogen) atoms. The van der Waals surface area contributed by atoms with Gasteiger partial charge in [0.2, 0.25) is 5.91 Å². The second-order valence-electron chi connectivity index (χ2n) is 6.89. The zero-order valence-corrected chi connectivity index (χ0v) is 15.9. The monoisotopic (exact) mass is 362 g/mol. The number of nitrogens with zero attached hydrogens (tertiary/aromatic N) is 2. The molecule has 6 heteroatoms. The fourth-order valence-corrected chi connectivity index (χ4v) is 3.73. The maximum atomic E-state index is 13.0. The summed E-state index contributed by atoms with van der Waals surface area (Å²) >= 11 is 0. The number of rotatable bonds is 6. The van der Waals surface area contributed by atoms with Crippen molar-refractivity contribution in [3.8, 4) is 11.5 Å². The highest BCUT2D eigenvalue weighted by Crippen LogP contribution is 2.23. The van der Waals surface area contributed by atoms with Crippen LogP contribution in [0.15, 0.2) is 24.3 Å². The summed E-state index contributed by atoms with van der Waals surface area (Å²) in [5.74, 6) is 1.94. The van der Waals surface area contributed by atoms with E-state index in [1.165, 1.54) is 0 Å². The van der Waals surface area contributed by atoms with E-state index in [1.54, 1.807) is 7.11 Å². The van der Waals surface area contributed by atoms with E-state index in [-0.39, 0.29) is 18.1 Å². The molecule has 2 heterocycles. The zero-order chi connectivity index (χ0) is 18.4. The summed E-state index contributed by atoms with van der Waals surface area (Å²) in [6.07, 6.45) is 2.76. The lowest BCUT2D eigenvalue weighted by Crippen LogP contribution is -2.54. The van der Waals surface area contributed by atoms with Gasteiger partial charge in [-0.25, -0.2) is 0 Å². The summed E-state index contributed by atoms with van der Waals surface area (Å²) in [4.78, 5) is 17.2. The van der Waals surface area contributed by atoms with Crippen molar-refractivity contribution in [2.45, 2.75) is 38.3 Å². The van der Waals surface area contributed by atoms with E-state index in [4.69, 9.17) is 14.2 Å². The molecule has 1 aromatic carbocycles. The fourth-order valence-electron chi connectivity index (χ4n) is 3.73. The van der Waals surface area contributed by atoms with Crippen molar-refractivity contribution >= 4 is 5.91 Å². The number of methoxy groups -OCH3 is 1. The van der Waals surface area contributed by atoms with Crippen molar-refractivity contribution < 1.29 is 19.0 Å². The van der Waals surface area contributed by atoms with Gasteiger partial charge in [0.25, 0.3) is 0 Å². The number of hydrogen-bond acceptors (Lipinski definition) is 5. The fraction of sp³-hybridized carbons (Fsp3) is 0.650. The van der Waals surface area contributed by atoms with Crippen LogP contribution in [0.4, 0.5) is 0 Å². The van der Waals surface area contributed by atoms with E-state index in [9.17, 15) is 4.79 Å². The molecule has 3 rings (SSSR count). The lowest BCUT2D eigenvalue weighted by atomic mass is 10.0. The van der Waals surface area contributed by atoms with Crippen LogP contribution in [0.1, 0.15) is 26.2 Å². The number of hydrogen-bond donors (Lipinski definition) is 0. The minimum atomic E-state index is -0.0158. The van der Waals surface area contributed by atoms with E-state index in [0.717, 1.165) is 70.2 Å². The van der Waals surface area contributed by atoms with E-state index < -0.39 is 0 Å². The molecule has 2 aliphatic heterocycles. The molecule has 0 radical (unpaired) electrons. The SMILES string of the molecule is CC[C@H](C(=O)N1CCC(Oc2ccc(OC)cc2)CC1)N1CCOCC1. The van der Waals surface area contributed by atoms with Crippen LogP contribution in [0, 0.1) is 0 Å². The maximum absolute atomic E-state index is 13.0. The topological polar surface area (TPSA) is 51.2 Å². The highest BCUT2D eigenvalue weighted by atomic mass is 16.5. The number of amides is 1. The van der Waals surface area contributed by atoms with E-state index in [2.05, 4.69) is 11.8 Å². The summed E-state index contributed by atoms with van der Waals surface area (Å²) < 4.78 is 16.7. The molecule has 0 bridgehead atoms. The predicted molar refractivity (Wildman–Crippen MR) is 99.7 cm³/mol. The molecule has 144 valence electrons.